The second-order valence-corrected chi connectivity index (χ2v) is 7.29. The lowest BCUT2D eigenvalue weighted by Crippen LogP contribution is -2.42. The zero-order chi connectivity index (χ0) is 15.7. The van der Waals surface area contributed by atoms with Crippen LogP contribution in [0.2, 0.25) is 0 Å². The summed E-state index contributed by atoms with van der Waals surface area (Å²) in [5.74, 6) is 0.0658. The normalized spacial score (nSPS) is 15.9. The van der Waals surface area contributed by atoms with Gasteiger partial charge in [0.25, 0.3) is 0 Å². The van der Waals surface area contributed by atoms with Crippen LogP contribution in [0.15, 0.2) is 35.2 Å². The molecule has 1 aromatic rings. The monoisotopic (exact) mass is 358 g/mol. The molecular weight excluding hydrogens is 332 g/mol. The number of rotatable bonds is 9. The molecular formula is C17H27ClN2O2S. The van der Waals surface area contributed by atoms with E-state index in [-0.39, 0.29) is 23.1 Å². The minimum Gasteiger partial charge on any atom is -0.383 e. The average molecular weight is 359 g/mol. The van der Waals surface area contributed by atoms with E-state index in [0.717, 1.165) is 6.54 Å². The van der Waals surface area contributed by atoms with Gasteiger partial charge in [-0.25, -0.2) is 0 Å². The number of thioether (sulfide) groups is 1. The Kier molecular flexibility index (Phi) is 9.63. The highest BCUT2D eigenvalue weighted by Gasteiger charge is 2.35. The fourth-order valence-electron chi connectivity index (χ4n) is 2.77. The number of carbonyl (C=O) groups is 1. The van der Waals surface area contributed by atoms with Gasteiger partial charge in [0.2, 0.25) is 5.91 Å². The van der Waals surface area contributed by atoms with E-state index in [4.69, 9.17) is 4.74 Å². The van der Waals surface area contributed by atoms with Crippen molar-refractivity contribution < 1.29 is 9.53 Å². The predicted octanol–water partition coefficient (Wildman–Crippen LogP) is 2.87. The van der Waals surface area contributed by atoms with E-state index in [9.17, 15) is 4.79 Å². The van der Waals surface area contributed by atoms with Crippen molar-refractivity contribution in [3.8, 4) is 0 Å². The Bertz CT molecular complexity index is 453. The number of carbonyl (C=O) groups excluding carboxylic acids is 1. The summed E-state index contributed by atoms with van der Waals surface area (Å²) in [4.78, 5) is 13.2. The zero-order valence-electron chi connectivity index (χ0n) is 13.7. The van der Waals surface area contributed by atoms with Gasteiger partial charge in [-0.05, 0) is 25.0 Å². The smallest absolute Gasteiger partial charge is 0.234 e. The van der Waals surface area contributed by atoms with Gasteiger partial charge in [-0.15, -0.1) is 24.2 Å². The first kappa shape index (κ1) is 20.3. The molecule has 4 nitrogen and oxygen atoms in total. The molecule has 0 radical (unpaired) electrons. The van der Waals surface area contributed by atoms with Crippen molar-refractivity contribution in [3.63, 3.8) is 0 Å². The fraction of sp³-hybridized carbons (Fsp3) is 0.588. The molecule has 2 N–H and O–H groups in total. The van der Waals surface area contributed by atoms with E-state index in [0.29, 0.717) is 19.7 Å². The van der Waals surface area contributed by atoms with Gasteiger partial charge in [0.1, 0.15) is 0 Å². The lowest BCUT2D eigenvalue weighted by molar-refractivity contribution is -0.120. The Morgan fingerprint density at radius 2 is 1.96 bits per heavy atom. The third-order valence-electron chi connectivity index (χ3n) is 3.97. The minimum atomic E-state index is 0. The number of amides is 1. The SMILES string of the molecule is COCCNCC(=O)NCC1(Sc2ccccc2)CCCC1.Cl. The number of hydrogen-bond donors (Lipinski definition) is 2. The average Bonchev–Trinajstić information content (AvgIpc) is 2.99. The summed E-state index contributed by atoms with van der Waals surface area (Å²) in [6.45, 7) is 2.43. The highest BCUT2D eigenvalue weighted by molar-refractivity contribution is 8.00. The molecule has 0 atom stereocenters. The summed E-state index contributed by atoms with van der Waals surface area (Å²) in [5, 5.41) is 6.18. The van der Waals surface area contributed by atoms with Gasteiger partial charge in [0, 0.05) is 29.8 Å². The van der Waals surface area contributed by atoms with Crippen molar-refractivity contribution in [1.29, 1.82) is 0 Å². The van der Waals surface area contributed by atoms with Crippen LogP contribution in [-0.2, 0) is 9.53 Å². The molecule has 0 heterocycles. The largest absolute Gasteiger partial charge is 0.383 e. The Morgan fingerprint density at radius 3 is 2.61 bits per heavy atom. The number of hydrogen-bond acceptors (Lipinski definition) is 4. The molecule has 1 aliphatic rings. The molecule has 0 spiro atoms. The molecule has 1 aromatic carbocycles. The Morgan fingerprint density at radius 1 is 1.26 bits per heavy atom. The number of nitrogens with one attached hydrogen (secondary N) is 2. The van der Waals surface area contributed by atoms with Crippen molar-refractivity contribution in [3.05, 3.63) is 30.3 Å². The molecule has 0 saturated heterocycles. The molecule has 23 heavy (non-hydrogen) atoms. The lowest BCUT2D eigenvalue weighted by Gasteiger charge is -2.28. The molecule has 1 aliphatic carbocycles. The molecule has 1 amide bonds. The minimum absolute atomic E-state index is 0. The second-order valence-electron chi connectivity index (χ2n) is 5.75. The number of methoxy groups -OCH3 is 1. The summed E-state index contributed by atoms with van der Waals surface area (Å²) in [6, 6.07) is 10.5. The quantitative estimate of drug-likeness (QED) is 0.666. The maximum Gasteiger partial charge on any atom is 0.234 e. The van der Waals surface area contributed by atoms with Gasteiger partial charge in [0.05, 0.1) is 13.2 Å². The van der Waals surface area contributed by atoms with Crippen molar-refractivity contribution in [2.24, 2.45) is 0 Å². The van der Waals surface area contributed by atoms with Gasteiger partial charge in [0.15, 0.2) is 0 Å². The molecule has 0 aromatic heterocycles. The molecule has 130 valence electrons. The zero-order valence-corrected chi connectivity index (χ0v) is 15.3. The standard InChI is InChI=1S/C17H26N2O2S.ClH/c1-21-12-11-18-13-16(20)19-14-17(9-5-6-10-17)22-15-7-3-2-4-8-15;/h2-4,7-8,18H,5-6,9-14H2,1H3,(H,19,20);1H. The van der Waals surface area contributed by atoms with E-state index in [1.165, 1.54) is 30.6 Å². The van der Waals surface area contributed by atoms with Gasteiger partial charge in [-0.1, -0.05) is 31.0 Å². The van der Waals surface area contributed by atoms with Crippen LogP contribution >= 0.6 is 24.2 Å². The maximum absolute atomic E-state index is 11.9. The summed E-state index contributed by atoms with van der Waals surface area (Å²) >= 11 is 1.92. The Hall–Kier alpha value is -0.750. The highest BCUT2D eigenvalue weighted by Crippen LogP contribution is 2.44. The van der Waals surface area contributed by atoms with Crippen LogP contribution in [0.3, 0.4) is 0 Å². The Balaban J connectivity index is 0.00000264. The molecule has 0 unspecified atom stereocenters. The lowest BCUT2D eigenvalue weighted by atomic mass is 10.1. The van der Waals surface area contributed by atoms with Crippen LogP contribution in [0, 0.1) is 0 Å². The molecule has 2 rings (SSSR count). The van der Waals surface area contributed by atoms with Crippen LogP contribution in [0.5, 0.6) is 0 Å². The number of benzene rings is 1. The van der Waals surface area contributed by atoms with Crippen molar-refractivity contribution >= 4 is 30.1 Å². The van der Waals surface area contributed by atoms with Crippen molar-refractivity contribution in [1.82, 2.24) is 10.6 Å². The highest BCUT2D eigenvalue weighted by atomic mass is 35.5. The van der Waals surface area contributed by atoms with Crippen LogP contribution in [0.25, 0.3) is 0 Å². The first-order valence-corrected chi connectivity index (χ1v) is 8.76. The molecule has 1 fully saturated rings. The van der Waals surface area contributed by atoms with E-state index < -0.39 is 0 Å². The third kappa shape index (κ3) is 7.12. The van der Waals surface area contributed by atoms with E-state index >= 15 is 0 Å². The van der Waals surface area contributed by atoms with Gasteiger partial charge < -0.3 is 15.4 Å². The second kappa shape index (κ2) is 10.9. The van der Waals surface area contributed by atoms with E-state index in [2.05, 4.69) is 34.9 Å². The summed E-state index contributed by atoms with van der Waals surface area (Å²) in [5.41, 5.74) is 0. The fourth-order valence-corrected chi connectivity index (χ4v) is 4.20. The summed E-state index contributed by atoms with van der Waals surface area (Å²) in [6.07, 6.45) is 4.84. The molecule has 0 aliphatic heterocycles. The van der Waals surface area contributed by atoms with Crippen LogP contribution < -0.4 is 10.6 Å². The van der Waals surface area contributed by atoms with E-state index in [1.807, 2.05) is 17.8 Å². The maximum atomic E-state index is 11.9. The number of ether oxygens (including phenoxy) is 1. The van der Waals surface area contributed by atoms with E-state index in [1.54, 1.807) is 7.11 Å². The van der Waals surface area contributed by atoms with Crippen molar-refractivity contribution in [2.75, 3.05) is 33.4 Å². The first-order valence-electron chi connectivity index (χ1n) is 7.94. The predicted molar refractivity (Wildman–Crippen MR) is 98.5 cm³/mol. The Labute approximate surface area is 149 Å². The summed E-state index contributed by atoms with van der Waals surface area (Å²) in [7, 11) is 1.66. The van der Waals surface area contributed by atoms with Crippen LogP contribution in [0.4, 0.5) is 0 Å². The molecule has 0 bridgehead atoms. The van der Waals surface area contributed by atoms with Gasteiger partial charge in [-0.3, -0.25) is 4.79 Å². The topological polar surface area (TPSA) is 50.4 Å². The van der Waals surface area contributed by atoms with Gasteiger partial charge >= 0.3 is 0 Å². The molecule has 1 saturated carbocycles. The summed E-state index contributed by atoms with van der Waals surface area (Å²) < 4.78 is 5.11. The third-order valence-corrected chi connectivity index (χ3v) is 5.46. The first-order chi connectivity index (χ1) is 10.7. The van der Waals surface area contributed by atoms with Crippen LogP contribution in [0.1, 0.15) is 25.7 Å². The van der Waals surface area contributed by atoms with Crippen LogP contribution in [-0.4, -0.2) is 44.0 Å². The number of halogens is 1. The molecule has 6 heteroatoms. The van der Waals surface area contributed by atoms with Crippen molar-refractivity contribution in [2.45, 2.75) is 35.3 Å². The van der Waals surface area contributed by atoms with Gasteiger partial charge in [-0.2, -0.15) is 0 Å².